The van der Waals surface area contributed by atoms with Crippen LogP contribution >= 0.6 is 11.8 Å². The van der Waals surface area contributed by atoms with Gasteiger partial charge < -0.3 is 0 Å². The average molecular weight is 354 g/mol. The number of carbonyl (C=O) groups is 2. The lowest BCUT2D eigenvalue weighted by Crippen LogP contribution is -2.26. The molecule has 2 aromatic rings. The Balaban J connectivity index is 1.95. The minimum absolute atomic E-state index is 0.0621. The maximum Gasteiger partial charge on any atom is 0.269 e. The maximum absolute atomic E-state index is 12.5. The highest BCUT2D eigenvalue weighted by Crippen LogP contribution is 2.37. The Morgan fingerprint density at radius 2 is 1.64 bits per heavy atom. The molecule has 0 saturated carbocycles. The Kier molecular flexibility index (Phi) is 4.67. The third-order valence-electron chi connectivity index (χ3n) is 3.84. The molecule has 0 radical (unpaired) electrons. The van der Waals surface area contributed by atoms with E-state index in [1.165, 1.54) is 43.1 Å². The summed E-state index contributed by atoms with van der Waals surface area (Å²) in [4.78, 5) is 36.6. The number of non-ortho nitro benzene ring substituents is 1. The summed E-state index contributed by atoms with van der Waals surface area (Å²) in [6.07, 6.45) is 0. The molecule has 126 valence electrons. The van der Waals surface area contributed by atoms with Gasteiger partial charge in [0.15, 0.2) is 0 Å². The van der Waals surface area contributed by atoms with Gasteiger partial charge in [0, 0.05) is 24.9 Å². The van der Waals surface area contributed by atoms with Gasteiger partial charge in [-0.15, -0.1) is 11.8 Å². The number of benzene rings is 2. The van der Waals surface area contributed by atoms with Gasteiger partial charge in [-0.25, -0.2) is 0 Å². The fraction of sp³-hybridized carbons (Fsp3) is 0.111. The van der Waals surface area contributed by atoms with Crippen LogP contribution < -0.4 is 0 Å². The fourth-order valence-corrected chi connectivity index (χ4v) is 3.60. The molecule has 0 spiro atoms. The van der Waals surface area contributed by atoms with E-state index in [9.17, 15) is 19.7 Å². The van der Waals surface area contributed by atoms with Crippen LogP contribution in [0.1, 0.15) is 11.1 Å². The van der Waals surface area contributed by atoms with E-state index in [0.29, 0.717) is 21.8 Å². The Morgan fingerprint density at radius 1 is 1.00 bits per heavy atom. The Morgan fingerprint density at radius 3 is 2.24 bits per heavy atom. The van der Waals surface area contributed by atoms with Crippen molar-refractivity contribution in [1.82, 2.24) is 4.90 Å². The average Bonchev–Trinajstić information content (AvgIpc) is 2.84. The van der Waals surface area contributed by atoms with Crippen molar-refractivity contribution in [3.63, 3.8) is 0 Å². The zero-order valence-electron chi connectivity index (χ0n) is 13.3. The van der Waals surface area contributed by atoms with E-state index in [-0.39, 0.29) is 11.6 Å². The highest BCUT2D eigenvalue weighted by atomic mass is 32.2. The molecule has 7 heteroatoms. The van der Waals surface area contributed by atoms with Crippen molar-refractivity contribution in [2.75, 3.05) is 7.05 Å². The summed E-state index contributed by atoms with van der Waals surface area (Å²) >= 11 is 1.30. The van der Waals surface area contributed by atoms with Gasteiger partial charge in [0.25, 0.3) is 17.5 Å². The molecule has 1 heterocycles. The van der Waals surface area contributed by atoms with Gasteiger partial charge in [0.1, 0.15) is 0 Å². The molecule has 6 nitrogen and oxygen atoms in total. The first kappa shape index (κ1) is 16.9. The molecule has 2 amide bonds. The van der Waals surface area contributed by atoms with Crippen LogP contribution in [-0.4, -0.2) is 28.7 Å². The maximum atomic E-state index is 12.5. The number of hydrogen-bond acceptors (Lipinski definition) is 5. The third-order valence-corrected chi connectivity index (χ3v) is 4.98. The fourth-order valence-electron chi connectivity index (χ4n) is 2.48. The highest BCUT2D eigenvalue weighted by molar-refractivity contribution is 8.03. The van der Waals surface area contributed by atoms with E-state index in [0.717, 1.165) is 10.5 Å². The zero-order valence-corrected chi connectivity index (χ0v) is 14.2. The molecule has 2 aromatic carbocycles. The van der Waals surface area contributed by atoms with E-state index in [2.05, 4.69) is 0 Å². The molecule has 1 aliphatic heterocycles. The molecule has 0 fully saturated rings. The molecule has 0 N–H and O–H groups in total. The molecule has 0 bridgehead atoms. The first-order chi connectivity index (χ1) is 12.0. The Bertz CT molecular complexity index is 876. The number of rotatable bonds is 5. The second-order valence-corrected chi connectivity index (χ2v) is 6.44. The van der Waals surface area contributed by atoms with Crippen molar-refractivity contribution in [2.45, 2.75) is 5.75 Å². The molecular weight excluding hydrogens is 340 g/mol. The van der Waals surface area contributed by atoms with Crippen molar-refractivity contribution in [1.29, 1.82) is 0 Å². The van der Waals surface area contributed by atoms with E-state index in [1.807, 2.05) is 30.3 Å². The highest BCUT2D eigenvalue weighted by Gasteiger charge is 2.36. The lowest BCUT2D eigenvalue weighted by Gasteiger charge is -2.06. The molecule has 0 saturated heterocycles. The molecule has 0 aromatic heterocycles. The van der Waals surface area contributed by atoms with Crippen molar-refractivity contribution >= 4 is 34.8 Å². The lowest BCUT2D eigenvalue weighted by atomic mass is 10.1. The standard InChI is InChI=1S/C18H14N2O4S/c1-19-17(21)15(13-7-9-14(10-8-13)20(23)24)16(18(19)22)25-11-12-5-3-2-4-6-12/h2-10H,11H2,1H3. The second-order valence-electron chi connectivity index (χ2n) is 5.45. The summed E-state index contributed by atoms with van der Waals surface area (Å²) in [5, 5.41) is 10.8. The Labute approximate surface area is 148 Å². The van der Waals surface area contributed by atoms with E-state index >= 15 is 0 Å². The van der Waals surface area contributed by atoms with Crippen molar-refractivity contribution < 1.29 is 14.5 Å². The summed E-state index contributed by atoms with van der Waals surface area (Å²) in [6.45, 7) is 0. The van der Waals surface area contributed by atoms with Crippen LogP contribution in [0.3, 0.4) is 0 Å². The molecule has 25 heavy (non-hydrogen) atoms. The van der Waals surface area contributed by atoms with Crippen LogP contribution in [0.15, 0.2) is 59.5 Å². The minimum atomic E-state index is -0.503. The normalized spacial score (nSPS) is 14.4. The number of imide groups is 1. The van der Waals surface area contributed by atoms with Gasteiger partial charge in [0.2, 0.25) is 0 Å². The predicted octanol–water partition coefficient (Wildman–Crippen LogP) is 3.24. The van der Waals surface area contributed by atoms with Crippen molar-refractivity contribution in [3.8, 4) is 0 Å². The van der Waals surface area contributed by atoms with E-state index < -0.39 is 10.8 Å². The quantitative estimate of drug-likeness (QED) is 0.468. The number of hydrogen-bond donors (Lipinski definition) is 0. The number of nitrogens with zero attached hydrogens (tertiary/aromatic N) is 2. The van der Waals surface area contributed by atoms with Crippen LogP contribution in [0, 0.1) is 10.1 Å². The van der Waals surface area contributed by atoms with Crippen LogP contribution in [0.2, 0.25) is 0 Å². The monoisotopic (exact) mass is 354 g/mol. The molecule has 1 aliphatic rings. The summed E-state index contributed by atoms with van der Waals surface area (Å²) < 4.78 is 0. The van der Waals surface area contributed by atoms with Gasteiger partial charge in [-0.3, -0.25) is 24.6 Å². The largest absolute Gasteiger partial charge is 0.277 e. The topological polar surface area (TPSA) is 80.5 Å². The van der Waals surface area contributed by atoms with Crippen LogP contribution in [0.25, 0.3) is 5.57 Å². The smallest absolute Gasteiger partial charge is 0.269 e. The van der Waals surface area contributed by atoms with E-state index in [4.69, 9.17) is 0 Å². The minimum Gasteiger partial charge on any atom is -0.277 e. The van der Waals surface area contributed by atoms with Gasteiger partial charge in [-0.05, 0) is 23.3 Å². The molecule has 0 aliphatic carbocycles. The summed E-state index contributed by atoms with van der Waals surface area (Å²) in [6, 6.07) is 15.3. The second kappa shape index (κ2) is 6.90. The number of thioether (sulfide) groups is 1. The SMILES string of the molecule is CN1C(=O)C(SCc2ccccc2)=C(c2ccc([N+](=O)[O-])cc2)C1=O. The number of carbonyl (C=O) groups excluding carboxylic acids is 2. The van der Waals surface area contributed by atoms with Crippen molar-refractivity contribution in [2.24, 2.45) is 0 Å². The number of nitro benzene ring substituents is 1. The first-order valence-corrected chi connectivity index (χ1v) is 8.46. The summed E-state index contributed by atoms with van der Waals surface area (Å²) in [5.74, 6) is -0.187. The molecular formula is C18H14N2O4S. The van der Waals surface area contributed by atoms with Crippen molar-refractivity contribution in [3.05, 3.63) is 80.7 Å². The summed E-state index contributed by atoms with van der Waals surface area (Å²) in [7, 11) is 1.44. The Hall–Kier alpha value is -2.93. The van der Waals surface area contributed by atoms with Gasteiger partial charge in [-0.1, -0.05) is 30.3 Å². The van der Waals surface area contributed by atoms with Crippen LogP contribution in [0.5, 0.6) is 0 Å². The van der Waals surface area contributed by atoms with Crippen LogP contribution in [-0.2, 0) is 15.3 Å². The number of likely N-dealkylation sites (N-methyl/N-ethyl adjacent to an activating group) is 1. The van der Waals surface area contributed by atoms with Gasteiger partial charge in [0.05, 0.1) is 15.4 Å². The van der Waals surface area contributed by atoms with Crippen LogP contribution in [0.4, 0.5) is 5.69 Å². The number of nitro groups is 1. The molecule has 0 unspecified atom stereocenters. The lowest BCUT2D eigenvalue weighted by molar-refractivity contribution is -0.384. The predicted molar refractivity (Wildman–Crippen MR) is 95.5 cm³/mol. The summed E-state index contributed by atoms with van der Waals surface area (Å²) in [5.41, 5.74) is 1.78. The molecule has 3 rings (SSSR count). The number of amides is 2. The van der Waals surface area contributed by atoms with Gasteiger partial charge in [-0.2, -0.15) is 0 Å². The zero-order chi connectivity index (χ0) is 18.0. The van der Waals surface area contributed by atoms with E-state index in [1.54, 1.807) is 0 Å². The third kappa shape index (κ3) is 3.32. The first-order valence-electron chi connectivity index (χ1n) is 7.47. The van der Waals surface area contributed by atoms with Gasteiger partial charge >= 0.3 is 0 Å². The molecule has 0 atom stereocenters.